The SMILES string of the molecule is CN=C(NCC1CCCN(C)C1c1cccs1)NC1CCN(CC2CCCC2)C1. The normalized spacial score (nSPS) is 30.1. The van der Waals surface area contributed by atoms with Crippen molar-refractivity contribution in [3.05, 3.63) is 22.4 Å². The van der Waals surface area contributed by atoms with E-state index in [1.807, 2.05) is 18.4 Å². The summed E-state index contributed by atoms with van der Waals surface area (Å²) in [6.45, 7) is 5.90. The van der Waals surface area contributed by atoms with E-state index in [1.165, 1.54) is 76.0 Å². The van der Waals surface area contributed by atoms with Crippen molar-refractivity contribution in [2.45, 2.75) is 57.0 Å². The Bertz CT molecular complexity index is 640. The summed E-state index contributed by atoms with van der Waals surface area (Å²) in [4.78, 5) is 11.2. The van der Waals surface area contributed by atoms with Crippen molar-refractivity contribution in [1.29, 1.82) is 0 Å². The van der Waals surface area contributed by atoms with E-state index in [0.29, 0.717) is 18.0 Å². The highest BCUT2D eigenvalue weighted by atomic mass is 32.1. The van der Waals surface area contributed by atoms with Gasteiger partial charge in [-0.25, -0.2) is 0 Å². The van der Waals surface area contributed by atoms with E-state index in [4.69, 9.17) is 0 Å². The van der Waals surface area contributed by atoms with Gasteiger partial charge >= 0.3 is 0 Å². The number of likely N-dealkylation sites (tertiary alicyclic amines) is 2. The van der Waals surface area contributed by atoms with Crippen molar-refractivity contribution in [2.24, 2.45) is 16.8 Å². The maximum absolute atomic E-state index is 4.54. The van der Waals surface area contributed by atoms with Gasteiger partial charge in [-0.15, -0.1) is 11.3 Å². The third-order valence-electron chi connectivity index (χ3n) is 7.20. The Morgan fingerprint density at radius 2 is 2.03 bits per heavy atom. The van der Waals surface area contributed by atoms with Crippen LogP contribution in [0.15, 0.2) is 22.5 Å². The summed E-state index contributed by atoms with van der Waals surface area (Å²) >= 11 is 1.90. The molecule has 1 saturated carbocycles. The van der Waals surface area contributed by atoms with Crippen molar-refractivity contribution in [3.63, 3.8) is 0 Å². The van der Waals surface area contributed by atoms with Crippen LogP contribution in [0, 0.1) is 11.8 Å². The zero-order valence-electron chi connectivity index (χ0n) is 18.3. The number of thiophene rings is 1. The van der Waals surface area contributed by atoms with Gasteiger partial charge < -0.3 is 15.5 Å². The van der Waals surface area contributed by atoms with E-state index in [-0.39, 0.29) is 0 Å². The Hall–Kier alpha value is -1.11. The van der Waals surface area contributed by atoms with Gasteiger partial charge in [0.05, 0.1) is 0 Å². The molecule has 4 rings (SSSR count). The first-order chi connectivity index (χ1) is 14.2. The minimum Gasteiger partial charge on any atom is -0.356 e. The molecule has 3 aliphatic rings. The number of aliphatic imine (C=N–C) groups is 1. The molecule has 162 valence electrons. The second kappa shape index (κ2) is 10.3. The number of nitrogens with zero attached hydrogens (tertiary/aromatic N) is 3. The molecule has 0 spiro atoms. The lowest BCUT2D eigenvalue weighted by Gasteiger charge is -2.39. The fraction of sp³-hybridized carbons (Fsp3) is 0.783. The zero-order valence-corrected chi connectivity index (χ0v) is 19.1. The van der Waals surface area contributed by atoms with Crippen molar-refractivity contribution >= 4 is 17.3 Å². The molecule has 6 heteroatoms. The van der Waals surface area contributed by atoms with E-state index in [2.05, 4.69) is 50.0 Å². The Balaban J connectivity index is 1.26. The van der Waals surface area contributed by atoms with Gasteiger partial charge in [-0.1, -0.05) is 18.9 Å². The van der Waals surface area contributed by atoms with Crippen LogP contribution in [0.2, 0.25) is 0 Å². The highest BCUT2D eigenvalue weighted by Crippen LogP contribution is 2.36. The first kappa shape index (κ1) is 21.1. The lowest BCUT2D eigenvalue weighted by molar-refractivity contribution is 0.125. The number of hydrogen-bond acceptors (Lipinski definition) is 4. The van der Waals surface area contributed by atoms with Gasteiger partial charge in [0.25, 0.3) is 0 Å². The Morgan fingerprint density at radius 3 is 2.79 bits per heavy atom. The lowest BCUT2D eigenvalue weighted by atomic mass is 9.88. The van der Waals surface area contributed by atoms with E-state index in [0.717, 1.165) is 18.4 Å². The number of guanidine groups is 1. The monoisotopic (exact) mass is 417 g/mol. The van der Waals surface area contributed by atoms with Gasteiger partial charge in [-0.05, 0) is 69.0 Å². The molecule has 3 atom stereocenters. The van der Waals surface area contributed by atoms with Crippen LogP contribution in [0.5, 0.6) is 0 Å². The minimum atomic E-state index is 0.530. The van der Waals surface area contributed by atoms with Crippen molar-refractivity contribution < 1.29 is 0 Å². The van der Waals surface area contributed by atoms with Crippen LogP contribution in [0.1, 0.15) is 55.9 Å². The van der Waals surface area contributed by atoms with Gasteiger partial charge in [-0.3, -0.25) is 9.89 Å². The van der Waals surface area contributed by atoms with Crippen molar-refractivity contribution in [2.75, 3.05) is 46.8 Å². The second-order valence-electron chi connectivity index (χ2n) is 9.34. The largest absolute Gasteiger partial charge is 0.356 e. The maximum Gasteiger partial charge on any atom is 0.191 e. The molecule has 2 aliphatic heterocycles. The highest BCUT2D eigenvalue weighted by molar-refractivity contribution is 7.10. The van der Waals surface area contributed by atoms with Gasteiger partial charge in [0.1, 0.15) is 0 Å². The minimum absolute atomic E-state index is 0.530. The quantitative estimate of drug-likeness (QED) is 0.549. The number of rotatable bonds is 6. The molecular weight excluding hydrogens is 378 g/mol. The van der Waals surface area contributed by atoms with Gasteiger partial charge in [0, 0.05) is 50.2 Å². The molecule has 2 N–H and O–H groups in total. The second-order valence-corrected chi connectivity index (χ2v) is 10.3. The fourth-order valence-electron chi connectivity index (χ4n) is 5.67. The van der Waals surface area contributed by atoms with Crippen molar-refractivity contribution in [1.82, 2.24) is 20.4 Å². The highest BCUT2D eigenvalue weighted by Gasteiger charge is 2.31. The zero-order chi connectivity index (χ0) is 20.1. The van der Waals surface area contributed by atoms with E-state index in [1.54, 1.807) is 0 Å². The van der Waals surface area contributed by atoms with Crippen LogP contribution in [0.25, 0.3) is 0 Å². The Kier molecular flexibility index (Phi) is 7.49. The summed E-state index contributed by atoms with van der Waals surface area (Å²) in [5.74, 6) is 2.56. The number of hydrogen-bond donors (Lipinski definition) is 2. The smallest absolute Gasteiger partial charge is 0.191 e. The molecule has 3 heterocycles. The Morgan fingerprint density at radius 1 is 1.17 bits per heavy atom. The molecule has 1 aliphatic carbocycles. The molecule has 0 amide bonds. The van der Waals surface area contributed by atoms with Crippen LogP contribution in [-0.4, -0.2) is 68.6 Å². The maximum atomic E-state index is 4.54. The summed E-state index contributed by atoms with van der Waals surface area (Å²) in [5.41, 5.74) is 0. The molecule has 3 unspecified atom stereocenters. The fourth-order valence-corrected chi connectivity index (χ4v) is 6.66. The third kappa shape index (κ3) is 5.53. The van der Waals surface area contributed by atoms with E-state index >= 15 is 0 Å². The Labute approximate surface area is 181 Å². The van der Waals surface area contributed by atoms with E-state index < -0.39 is 0 Å². The molecule has 0 bridgehead atoms. The standard InChI is InChI=1S/C23H39N5S/c1-24-23(26-20-11-13-28(17-20)16-18-7-3-4-8-18)25-15-19-9-5-12-27(2)22(19)21-10-6-14-29-21/h6,10,14,18-20,22H,3-5,7-9,11-13,15-17H2,1-2H3,(H2,24,25,26). The molecule has 1 aromatic rings. The summed E-state index contributed by atoms with van der Waals surface area (Å²) in [6.07, 6.45) is 9.58. The average Bonchev–Trinajstić information content (AvgIpc) is 3.49. The van der Waals surface area contributed by atoms with Crippen LogP contribution >= 0.6 is 11.3 Å². The van der Waals surface area contributed by atoms with Crippen LogP contribution in [0.4, 0.5) is 0 Å². The van der Waals surface area contributed by atoms with Crippen molar-refractivity contribution in [3.8, 4) is 0 Å². The molecule has 2 saturated heterocycles. The summed E-state index contributed by atoms with van der Waals surface area (Å²) < 4.78 is 0. The third-order valence-corrected chi connectivity index (χ3v) is 8.14. The van der Waals surface area contributed by atoms with E-state index in [9.17, 15) is 0 Å². The molecule has 0 aromatic carbocycles. The first-order valence-corrected chi connectivity index (χ1v) is 12.5. The molecule has 5 nitrogen and oxygen atoms in total. The molecule has 3 fully saturated rings. The molecule has 29 heavy (non-hydrogen) atoms. The van der Waals surface area contributed by atoms with Gasteiger partial charge in [0.15, 0.2) is 5.96 Å². The van der Waals surface area contributed by atoms with Gasteiger partial charge in [0.2, 0.25) is 0 Å². The predicted molar refractivity (Wildman–Crippen MR) is 124 cm³/mol. The van der Waals surface area contributed by atoms with Crippen LogP contribution < -0.4 is 10.6 Å². The predicted octanol–water partition coefficient (Wildman–Crippen LogP) is 3.56. The molecular formula is C23H39N5S. The van der Waals surface area contributed by atoms with Gasteiger partial charge in [-0.2, -0.15) is 0 Å². The van der Waals surface area contributed by atoms with Crippen LogP contribution in [0.3, 0.4) is 0 Å². The number of nitrogens with one attached hydrogen (secondary N) is 2. The molecule has 0 radical (unpaired) electrons. The molecule has 1 aromatic heterocycles. The summed E-state index contributed by atoms with van der Waals surface area (Å²) in [6, 6.07) is 5.55. The topological polar surface area (TPSA) is 42.9 Å². The first-order valence-electron chi connectivity index (χ1n) is 11.7. The average molecular weight is 418 g/mol. The number of piperidine rings is 1. The van der Waals surface area contributed by atoms with Crippen LogP contribution in [-0.2, 0) is 0 Å². The lowest BCUT2D eigenvalue weighted by Crippen LogP contribution is -2.48. The summed E-state index contributed by atoms with van der Waals surface area (Å²) in [7, 11) is 4.19. The summed E-state index contributed by atoms with van der Waals surface area (Å²) in [5, 5.41) is 9.58.